The molecule has 406 valence electrons. The molecule has 4 aliphatic rings. The normalized spacial score (nSPS) is 29.2. The van der Waals surface area contributed by atoms with Crippen molar-refractivity contribution in [1.82, 2.24) is 0 Å². The Hall–Kier alpha value is -0.826. The first-order chi connectivity index (χ1) is 32.8. The van der Waals surface area contributed by atoms with Gasteiger partial charge in [0.25, 0.3) is 0 Å². The first-order valence-corrected chi connectivity index (χ1v) is 27.0. The van der Waals surface area contributed by atoms with Crippen molar-refractivity contribution in [2.45, 2.75) is 266 Å². The maximum atomic E-state index is 12.6. The molecule has 4 fully saturated rings. The molecule has 4 saturated heterocycles. The zero-order valence-electron chi connectivity index (χ0n) is 42.9. The summed E-state index contributed by atoms with van der Waals surface area (Å²) in [5.74, 6) is -2.81. The molecule has 0 aliphatic carbocycles. The van der Waals surface area contributed by atoms with Gasteiger partial charge in [-0.25, -0.2) is 0 Å². The van der Waals surface area contributed by atoms with Gasteiger partial charge in [-0.2, -0.15) is 0 Å². The average Bonchev–Trinajstić information content (AvgIpc) is 3.35. The van der Waals surface area contributed by atoms with Crippen molar-refractivity contribution in [3.05, 3.63) is 0 Å². The zero-order valence-corrected chi connectivity index (χ0v) is 44.5. The summed E-state index contributed by atoms with van der Waals surface area (Å²) in [4.78, 5) is 25.3. The van der Waals surface area contributed by atoms with Gasteiger partial charge in [0.15, 0.2) is 0 Å². The van der Waals surface area contributed by atoms with E-state index in [1.165, 1.54) is 0 Å². The van der Waals surface area contributed by atoms with Crippen molar-refractivity contribution in [3.63, 3.8) is 0 Å². The second kappa shape index (κ2) is 40.5. The summed E-state index contributed by atoms with van der Waals surface area (Å²) in [6.45, 7) is 4.44. The van der Waals surface area contributed by atoms with E-state index in [2.05, 4.69) is 13.8 Å². The Labute approximate surface area is 430 Å². The number of carbonyl (C=O) groups excluding carboxylic acids is 2. The Morgan fingerprint density at radius 3 is 0.899 bits per heavy atom. The van der Waals surface area contributed by atoms with Gasteiger partial charge >= 0.3 is 21.7 Å². The van der Waals surface area contributed by atoms with Crippen LogP contribution in [0.25, 0.3) is 0 Å². The van der Waals surface area contributed by atoms with Gasteiger partial charge in [-0.1, -0.05) is 155 Å². The summed E-state index contributed by atoms with van der Waals surface area (Å²) in [5.41, 5.74) is -7.05. The van der Waals surface area contributed by atoms with Gasteiger partial charge in [0.1, 0.15) is 46.8 Å². The predicted octanol–water partition coefficient (Wildman–Crippen LogP) is 4.45. The van der Waals surface area contributed by atoms with Gasteiger partial charge in [0.05, 0.1) is 25.2 Å². The zero-order chi connectivity index (χ0) is 50.6. The minimum absolute atomic E-state index is 0. The van der Waals surface area contributed by atoms with E-state index in [1.807, 2.05) is 0 Å². The van der Waals surface area contributed by atoms with Crippen LogP contribution in [0.1, 0.15) is 219 Å². The number of aliphatic carboxylic acids is 2. The molecule has 0 saturated carbocycles. The van der Waals surface area contributed by atoms with Crippen LogP contribution in [0.5, 0.6) is 0 Å². The average molecular weight is 1030 g/mol. The SMILES string of the molecule is CCCCO.CCCCO.O=C([O-])[C@]1([C@@]2([C@H](O)[C@H](O)CO)CCCCCCCCO2)CCCCCCCCO1.O=C([O-])[C@]1([C@@]2([C@H](O)[C@H](O)CO)CCCCCCCCO2)CCCCCCCCO1.[Ti+2]. The number of carboxylic acid groups (broad SMARTS) is 2. The van der Waals surface area contributed by atoms with Crippen LogP contribution in [0, 0.1) is 0 Å². The van der Waals surface area contributed by atoms with Crippen LogP contribution in [0.15, 0.2) is 0 Å². The maximum Gasteiger partial charge on any atom is 2.00 e. The molecule has 16 nitrogen and oxygen atoms in total. The van der Waals surface area contributed by atoms with Crippen LogP contribution in [-0.2, 0) is 50.3 Å². The number of unbranched alkanes of at least 4 members (excludes halogenated alkanes) is 2. The van der Waals surface area contributed by atoms with Crippen LogP contribution < -0.4 is 10.2 Å². The molecular weight excluding hydrogens is 928 g/mol. The molecule has 4 aliphatic heterocycles. The third kappa shape index (κ3) is 22.3. The van der Waals surface area contributed by atoms with E-state index < -0.39 is 72.0 Å². The first-order valence-electron chi connectivity index (χ1n) is 27.0. The van der Waals surface area contributed by atoms with Crippen LogP contribution in [0.2, 0.25) is 0 Å². The minimum atomic E-state index is -1.86. The van der Waals surface area contributed by atoms with E-state index in [0.717, 1.165) is 154 Å². The topological polar surface area (TPSA) is 279 Å². The van der Waals surface area contributed by atoms with E-state index >= 15 is 0 Å². The van der Waals surface area contributed by atoms with Gasteiger partial charge in [-0.15, -0.1) is 0 Å². The summed E-state index contributed by atoms with van der Waals surface area (Å²) < 4.78 is 24.5. The van der Waals surface area contributed by atoms with E-state index in [-0.39, 0.29) is 73.8 Å². The van der Waals surface area contributed by atoms with E-state index in [1.54, 1.807) is 0 Å². The first kappa shape index (κ1) is 68.2. The summed E-state index contributed by atoms with van der Waals surface area (Å²) in [7, 11) is 0. The van der Waals surface area contributed by atoms with Gasteiger partial charge < -0.3 is 79.6 Å². The van der Waals surface area contributed by atoms with E-state index in [9.17, 15) is 50.4 Å². The molecule has 0 unspecified atom stereocenters. The van der Waals surface area contributed by atoms with Crippen LogP contribution in [0.4, 0.5) is 0 Å². The quantitative estimate of drug-likeness (QED) is 0.112. The smallest absolute Gasteiger partial charge is 0.547 e. The number of aliphatic hydroxyl groups is 8. The van der Waals surface area contributed by atoms with Gasteiger partial charge in [-0.05, 0) is 64.2 Å². The van der Waals surface area contributed by atoms with Crippen LogP contribution in [-0.4, -0.2) is 152 Å². The fourth-order valence-electron chi connectivity index (χ4n) is 10.1. The van der Waals surface area contributed by atoms with Crippen molar-refractivity contribution in [2.75, 3.05) is 52.9 Å². The van der Waals surface area contributed by atoms with E-state index in [4.69, 9.17) is 29.2 Å². The molecule has 0 spiro atoms. The summed E-state index contributed by atoms with van der Waals surface area (Å²) in [6.07, 6.45) is 20.0. The number of carboxylic acids is 2. The standard InChI is InChI=1S/2C22H40O7.2C4H10O.Ti/c2*23-17-18(24)19(25)21(13-9-5-1-3-7-11-15-28-21)22(20(26)27)14-10-6-2-4-8-12-16-29-22;2*1-2-3-4-5;/h2*18-19,23-25H,1-17H2,(H,26,27);2*5H,2-4H2,1H3;/q;;;;+2/p-2/t2*18-,19-,21+,22+;;;/m11.../s1. The molecule has 0 radical (unpaired) electrons. The molecule has 4 rings (SSSR count). The Balaban J connectivity index is 0.00000110. The fraction of sp³-hybridized carbons (Fsp3) is 0.962. The largest absolute Gasteiger partial charge is 2.00 e. The molecule has 4 heterocycles. The van der Waals surface area contributed by atoms with E-state index in [0.29, 0.717) is 38.9 Å². The minimum Gasteiger partial charge on any atom is -0.547 e. The molecule has 0 aromatic heterocycles. The molecule has 69 heavy (non-hydrogen) atoms. The van der Waals surface area contributed by atoms with Gasteiger partial charge in [0, 0.05) is 39.6 Å². The number of carbonyl (C=O) groups is 2. The summed E-state index contributed by atoms with van der Waals surface area (Å²) in [6, 6.07) is 0. The molecule has 8 N–H and O–H groups in total. The molecule has 17 heteroatoms. The number of hydrogen-bond donors (Lipinski definition) is 8. The van der Waals surface area contributed by atoms with Crippen LogP contribution >= 0.6 is 0 Å². The number of rotatable bonds is 14. The number of aliphatic hydroxyl groups excluding tert-OH is 8. The fourth-order valence-corrected chi connectivity index (χ4v) is 10.1. The number of ether oxygens (including phenoxy) is 4. The Morgan fingerprint density at radius 2 is 0.667 bits per heavy atom. The third-order valence-corrected chi connectivity index (χ3v) is 14.3. The van der Waals surface area contributed by atoms with Crippen molar-refractivity contribution in [1.29, 1.82) is 0 Å². The van der Waals surface area contributed by atoms with Crippen molar-refractivity contribution >= 4 is 11.9 Å². The second-order valence-corrected chi connectivity index (χ2v) is 19.4. The Bertz CT molecular complexity index is 1110. The third-order valence-electron chi connectivity index (χ3n) is 14.3. The van der Waals surface area contributed by atoms with Gasteiger partial charge in [-0.3, -0.25) is 0 Å². The second-order valence-electron chi connectivity index (χ2n) is 19.4. The Morgan fingerprint density at radius 1 is 0.420 bits per heavy atom. The summed E-state index contributed by atoms with van der Waals surface area (Å²) in [5, 5.41) is 103. The summed E-state index contributed by atoms with van der Waals surface area (Å²) >= 11 is 0. The predicted molar refractivity (Wildman–Crippen MR) is 256 cm³/mol. The molecule has 0 bridgehead atoms. The molecular formula is C52H98O16Ti. The van der Waals surface area contributed by atoms with Crippen molar-refractivity contribution in [2.24, 2.45) is 0 Å². The maximum absolute atomic E-state index is 12.6. The van der Waals surface area contributed by atoms with Crippen molar-refractivity contribution in [3.8, 4) is 0 Å². The van der Waals surface area contributed by atoms with Crippen molar-refractivity contribution < 1.29 is 101 Å². The Kier molecular flexibility index (Phi) is 40.1. The van der Waals surface area contributed by atoms with Gasteiger partial charge in [0.2, 0.25) is 0 Å². The molecule has 0 amide bonds. The molecule has 8 atom stereocenters. The van der Waals surface area contributed by atoms with Crippen LogP contribution in [0.3, 0.4) is 0 Å². The molecule has 0 aromatic carbocycles. The number of hydrogen-bond acceptors (Lipinski definition) is 16. The molecule has 0 aromatic rings. The monoisotopic (exact) mass is 1030 g/mol.